The molecule has 136 valence electrons. The third-order valence-electron chi connectivity index (χ3n) is 3.98. The van der Waals surface area contributed by atoms with Crippen LogP contribution in [0.25, 0.3) is 22.6 Å². The van der Waals surface area contributed by atoms with Crippen molar-refractivity contribution in [3.63, 3.8) is 0 Å². The molecule has 0 spiro atoms. The number of hydrogen-bond donors (Lipinski definition) is 0. The molecule has 0 bridgehead atoms. The number of hydrogen-bond acceptors (Lipinski definition) is 9. The molecule has 9 nitrogen and oxygen atoms in total. The maximum atomic E-state index is 5.41. The van der Waals surface area contributed by atoms with E-state index in [0.29, 0.717) is 46.1 Å². The first-order valence-electron chi connectivity index (χ1n) is 7.77. The van der Waals surface area contributed by atoms with Gasteiger partial charge in [0.05, 0.1) is 33.2 Å². The van der Waals surface area contributed by atoms with Crippen molar-refractivity contribution < 1.29 is 14.2 Å². The van der Waals surface area contributed by atoms with Crippen molar-refractivity contribution in [2.24, 2.45) is 0 Å². The summed E-state index contributed by atoms with van der Waals surface area (Å²) >= 11 is 0. The molecule has 3 aromatic rings. The average molecular weight is 356 g/mol. The van der Waals surface area contributed by atoms with Crippen LogP contribution in [0.4, 0.5) is 0 Å². The Balaban J connectivity index is 0.00000196. The molecule has 1 aliphatic carbocycles. The van der Waals surface area contributed by atoms with E-state index >= 15 is 0 Å². The predicted octanol–water partition coefficient (Wildman–Crippen LogP) is 2.42. The lowest BCUT2D eigenvalue weighted by molar-refractivity contribution is 0.389. The van der Waals surface area contributed by atoms with Crippen molar-refractivity contribution in [3.05, 3.63) is 18.2 Å². The van der Waals surface area contributed by atoms with Gasteiger partial charge in [0.2, 0.25) is 17.6 Å². The first-order chi connectivity index (χ1) is 12.2. The van der Waals surface area contributed by atoms with Crippen LogP contribution in [0.2, 0.25) is 0 Å². The average Bonchev–Trinajstić information content (AvgIpc) is 3.51. The van der Waals surface area contributed by atoms with Crippen molar-refractivity contribution in [2.75, 3.05) is 21.3 Å². The number of nitrogens with zero attached hydrogens (tertiary/aromatic N) is 6. The minimum absolute atomic E-state index is 0. The Morgan fingerprint density at radius 3 is 2.31 bits per heavy atom. The lowest BCUT2D eigenvalue weighted by Gasteiger charge is -2.12. The largest absolute Gasteiger partial charge is 0.480 e. The molecule has 0 radical (unpaired) electrons. The zero-order valence-electron chi connectivity index (χ0n) is 14.1. The van der Waals surface area contributed by atoms with Crippen LogP contribution in [0.5, 0.6) is 17.6 Å². The van der Waals surface area contributed by atoms with Crippen LogP contribution in [0.3, 0.4) is 0 Å². The Labute approximate surface area is 150 Å². The molecule has 0 saturated heterocycles. The second-order valence-corrected chi connectivity index (χ2v) is 5.56. The molecular weight excluding hydrogens is 336 g/mol. The number of aromatic nitrogens is 6. The second kappa shape index (κ2) is 7.03. The zero-order chi connectivity index (χ0) is 17.4. The second-order valence-electron chi connectivity index (χ2n) is 5.56. The minimum atomic E-state index is 0. The molecule has 0 unspecified atom stereocenters. The van der Waals surface area contributed by atoms with Crippen molar-refractivity contribution in [2.45, 2.75) is 26.2 Å². The van der Waals surface area contributed by atoms with E-state index in [1.807, 2.05) is 0 Å². The highest BCUT2D eigenvalue weighted by molar-refractivity contribution is 5.79. The molecule has 0 amide bonds. The third kappa shape index (κ3) is 2.96. The Bertz CT molecular complexity index is 945. The summed E-state index contributed by atoms with van der Waals surface area (Å²) < 4.78 is 15.9. The topological polar surface area (TPSA) is 105 Å². The fraction of sp³-hybridized carbons (Fsp3) is 0.412. The number of ether oxygens (including phenoxy) is 3. The summed E-state index contributed by atoms with van der Waals surface area (Å²) in [5, 5.41) is 0. The molecule has 3 aromatic heterocycles. The Morgan fingerprint density at radius 2 is 1.65 bits per heavy atom. The van der Waals surface area contributed by atoms with Gasteiger partial charge in [-0.2, -0.15) is 4.98 Å². The molecular formula is C17H20N6O3. The molecule has 9 heteroatoms. The standard InChI is InChI=1S/C16H16N6O3.CH4/c1-23-9-6-17-14-12(20-9)16(25-3)22-13(21-14)10-11(8-4-5-8)18-7-19-15(10)24-2;/h6-8H,4-5H2,1-3H3;1H4. The smallest absolute Gasteiger partial charge is 0.245 e. The molecule has 0 atom stereocenters. The summed E-state index contributed by atoms with van der Waals surface area (Å²) in [6.07, 6.45) is 5.15. The van der Waals surface area contributed by atoms with Gasteiger partial charge in [-0.05, 0) is 12.8 Å². The van der Waals surface area contributed by atoms with Gasteiger partial charge in [-0.3, -0.25) is 0 Å². The molecule has 0 aliphatic heterocycles. The van der Waals surface area contributed by atoms with Crippen LogP contribution >= 0.6 is 0 Å². The fourth-order valence-electron chi connectivity index (χ4n) is 2.63. The number of rotatable bonds is 5. The van der Waals surface area contributed by atoms with Crippen LogP contribution in [0.15, 0.2) is 12.5 Å². The van der Waals surface area contributed by atoms with E-state index in [1.54, 1.807) is 7.11 Å². The van der Waals surface area contributed by atoms with E-state index in [4.69, 9.17) is 14.2 Å². The van der Waals surface area contributed by atoms with Crippen LogP contribution < -0.4 is 14.2 Å². The SMILES string of the molecule is C.COc1cnc2nc(-c3c(OC)ncnc3C3CC3)nc(OC)c2n1. The fourth-order valence-corrected chi connectivity index (χ4v) is 2.63. The molecule has 1 aliphatic rings. The van der Waals surface area contributed by atoms with E-state index in [1.165, 1.54) is 26.7 Å². The van der Waals surface area contributed by atoms with Crippen molar-refractivity contribution in [1.82, 2.24) is 29.9 Å². The van der Waals surface area contributed by atoms with Gasteiger partial charge >= 0.3 is 0 Å². The zero-order valence-corrected chi connectivity index (χ0v) is 14.1. The van der Waals surface area contributed by atoms with Crippen molar-refractivity contribution >= 4 is 11.2 Å². The van der Waals surface area contributed by atoms with E-state index < -0.39 is 0 Å². The molecule has 26 heavy (non-hydrogen) atoms. The normalized spacial score (nSPS) is 13.2. The summed E-state index contributed by atoms with van der Waals surface area (Å²) in [6, 6.07) is 0. The number of fused-ring (bicyclic) bond motifs is 1. The molecule has 0 N–H and O–H groups in total. The quantitative estimate of drug-likeness (QED) is 0.681. The first kappa shape index (κ1) is 17.7. The van der Waals surface area contributed by atoms with Crippen LogP contribution in [0, 0.1) is 0 Å². The van der Waals surface area contributed by atoms with Crippen LogP contribution in [0.1, 0.15) is 31.9 Å². The summed E-state index contributed by atoms with van der Waals surface area (Å²) in [6.45, 7) is 0. The molecule has 1 saturated carbocycles. The highest BCUT2D eigenvalue weighted by Gasteiger charge is 2.32. The molecule has 1 fully saturated rings. The Kier molecular flexibility index (Phi) is 4.79. The van der Waals surface area contributed by atoms with Crippen molar-refractivity contribution in [1.29, 1.82) is 0 Å². The summed E-state index contributed by atoms with van der Waals surface area (Å²) in [4.78, 5) is 26.2. The number of methoxy groups -OCH3 is 3. The highest BCUT2D eigenvalue weighted by Crippen LogP contribution is 2.45. The van der Waals surface area contributed by atoms with E-state index in [9.17, 15) is 0 Å². The highest BCUT2D eigenvalue weighted by atomic mass is 16.5. The lowest BCUT2D eigenvalue weighted by Crippen LogP contribution is -2.05. The van der Waals surface area contributed by atoms with Crippen LogP contribution in [-0.2, 0) is 0 Å². The Hall–Kier alpha value is -3.10. The Morgan fingerprint density at radius 1 is 0.885 bits per heavy atom. The molecule has 0 aromatic carbocycles. The maximum Gasteiger partial charge on any atom is 0.245 e. The maximum absolute atomic E-state index is 5.41. The van der Waals surface area contributed by atoms with Crippen molar-refractivity contribution in [3.8, 4) is 29.0 Å². The molecule has 3 heterocycles. The van der Waals surface area contributed by atoms with Gasteiger partial charge in [-0.15, -0.1) is 0 Å². The van der Waals surface area contributed by atoms with Gasteiger partial charge in [-0.1, -0.05) is 7.43 Å². The van der Waals surface area contributed by atoms with Gasteiger partial charge < -0.3 is 14.2 Å². The van der Waals surface area contributed by atoms with Gasteiger partial charge in [0.1, 0.15) is 11.9 Å². The van der Waals surface area contributed by atoms with E-state index in [0.717, 1.165) is 18.5 Å². The predicted molar refractivity (Wildman–Crippen MR) is 94.5 cm³/mol. The monoisotopic (exact) mass is 356 g/mol. The summed E-state index contributed by atoms with van der Waals surface area (Å²) in [5.74, 6) is 1.88. The molecule has 4 rings (SSSR count). The van der Waals surface area contributed by atoms with Gasteiger partial charge in [0.25, 0.3) is 0 Å². The van der Waals surface area contributed by atoms with Crippen LogP contribution in [-0.4, -0.2) is 51.2 Å². The van der Waals surface area contributed by atoms with Gasteiger partial charge in [-0.25, -0.2) is 24.9 Å². The van der Waals surface area contributed by atoms with Gasteiger partial charge in [0.15, 0.2) is 17.0 Å². The first-order valence-corrected chi connectivity index (χ1v) is 7.77. The van der Waals surface area contributed by atoms with E-state index in [2.05, 4.69) is 29.9 Å². The van der Waals surface area contributed by atoms with E-state index in [-0.39, 0.29) is 7.43 Å². The summed E-state index contributed by atoms with van der Waals surface area (Å²) in [7, 11) is 4.60. The lowest BCUT2D eigenvalue weighted by atomic mass is 10.1. The third-order valence-corrected chi connectivity index (χ3v) is 3.98. The van der Waals surface area contributed by atoms with Gasteiger partial charge in [0, 0.05) is 5.92 Å². The summed E-state index contributed by atoms with van der Waals surface area (Å²) in [5.41, 5.74) is 2.38. The minimum Gasteiger partial charge on any atom is -0.480 e.